The van der Waals surface area contributed by atoms with Gasteiger partial charge in [0.2, 0.25) is 0 Å². The zero-order chi connectivity index (χ0) is 22.7. The first kappa shape index (κ1) is 22.8. The Morgan fingerprint density at radius 2 is 1.87 bits per heavy atom. The van der Waals surface area contributed by atoms with Crippen molar-refractivity contribution in [1.29, 1.82) is 0 Å². The highest BCUT2D eigenvalue weighted by Crippen LogP contribution is 2.29. The maximum atomic E-state index is 13.1. The van der Waals surface area contributed by atoms with E-state index in [1.165, 1.54) is 24.3 Å². The second-order valence-corrected chi connectivity index (χ2v) is 8.17. The fraction of sp³-hybridized carbons (Fsp3) is 0.364. The number of carbonyl (C=O) groups is 2. The number of amides is 1. The second kappa shape index (κ2) is 9.53. The van der Waals surface area contributed by atoms with Crippen molar-refractivity contribution < 1.29 is 23.8 Å². The largest absolute Gasteiger partial charge is 0.483 e. The van der Waals surface area contributed by atoms with Gasteiger partial charge in [-0.05, 0) is 37.6 Å². The van der Waals surface area contributed by atoms with Crippen LogP contribution < -0.4 is 10.5 Å². The summed E-state index contributed by atoms with van der Waals surface area (Å²) in [5.41, 5.74) is 6.76. The lowest BCUT2D eigenvalue weighted by Gasteiger charge is -2.44. The zero-order valence-electron chi connectivity index (χ0n) is 17.3. The molecule has 7 nitrogen and oxygen atoms in total. The van der Waals surface area contributed by atoms with Crippen LogP contribution in [0.3, 0.4) is 0 Å². The molecule has 0 aliphatic carbocycles. The molecule has 9 heteroatoms. The monoisotopic (exact) mass is 449 g/mol. The van der Waals surface area contributed by atoms with Crippen molar-refractivity contribution in [1.82, 2.24) is 9.80 Å². The number of benzene rings is 2. The molecule has 0 spiro atoms. The van der Waals surface area contributed by atoms with E-state index in [-0.39, 0.29) is 52.4 Å². The van der Waals surface area contributed by atoms with Crippen LogP contribution in [0.4, 0.5) is 10.1 Å². The minimum absolute atomic E-state index is 0.00148. The maximum absolute atomic E-state index is 13.1. The van der Waals surface area contributed by atoms with Gasteiger partial charge in [0.15, 0.2) is 6.61 Å². The summed E-state index contributed by atoms with van der Waals surface area (Å²) < 4.78 is 18.6. The highest BCUT2D eigenvalue weighted by molar-refractivity contribution is 6.33. The van der Waals surface area contributed by atoms with Crippen molar-refractivity contribution >= 4 is 29.2 Å². The van der Waals surface area contributed by atoms with E-state index in [2.05, 4.69) is 4.90 Å². The SMILES string of the molecule is C[C@@H]1CN(Cc2ccc(F)cc2)[C@@H](C)CN1C(=O)COc1cc(N)c(Cl)cc1C(=O)O. The van der Waals surface area contributed by atoms with E-state index in [0.717, 1.165) is 5.56 Å². The van der Waals surface area contributed by atoms with Gasteiger partial charge in [0, 0.05) is 37.8 Å². The van der Waals surface area contributed by atoms with Gasteiger partial charge in [0.1, 0.15) is 17.1 Å². The van der Waals surface area contributed by atoms with Gasteiger partial charge in [-0.3, -0.25) is 9.69 Å². The van der Waals surface area contributed by atoms with Crippen molar-refractivity contribution in [2.45, 2.75) is 32.5 Å². The van der Waals surface area contributed by atoms with Gasteiger partial charge in [-0.15, -0.1) is 0 Å². The highest BCUT2D eigenvalue weighted by atomic mass is 35.5. The molecule has 1 fully saturated rings. The molecule has 1 saturated heterocycles. The average molecular weight is 450 g/mol. The first-order chi connectivity index (χ1) is 14.7. The van der Waals surface area contributed by atoms with Crippen LogP contribution in [0.1, 0.15) is 29.8 Å². The van der Waals surface area contributed by atoms with Crippen LogP contribution in [0.2, 0.25) is 5.02 Å². The molecule has 1 heterocycles. The number of piperazine rings is 1. The van der Waals surface area contributed by atoms with Crippen molar-refractivity contribution in [3.63, 3.8) is 0 Å². The number of nitrogen functional groups attached to an aromatic ring is 1. The number of hydrogen-bond acceptors (Lipinski definition) is 5. The van der Waals surface area contributed by atoms with Gasteiger partial charge in [0.05, 0.1) is 10.7 Å². The summed E-state index contributed by atoms with van der Waals surface area (Å²) in [4.78, 5) is 28.2. The molecule has 31 heavy (non-hydrogen) atoms. The number of halogens is 2. The van der Waals surface area contributed by atoms with Crippen LogP contribution in [0.5, 0.6) is 5.75 Å². The second-order valence-electron chi connectivity index (χ2n) is 7.76. The number of carboxylic acid groups (broad SMARTS) is 1. The highest BCUT2D eigenvalue weighted by Gasteiger charge is 2.32. The standard InChI is InChI=1S/C22H25ClFN3O4/c1-13-10-27(14(2)9-26(13)11-15-3-5-16(24)6-4-15)21(28)12-31-20-8-19(25)18(23)7-17(20)22(29)30/h3-8,13-14H,9-12,25H2,1-2H3,(H,29,30)/t13-,14+/m0/s1. The summed E-state index contributed by atoms with van der Waals surface area (Å²) in [6.45, 7) is 5.48. The van der Waals surface area contributed by atoms with Crippen LogP contribution in [-0.2, 0) is 11.3 Å². The summed E-state index contributed by atoms with van der Waals surface area (Å²) in [5.74, 6) is -1.74. The van der Waals surface area contributed by atoms with E-state index in [1.54, 1.807) is 17.0 Å². The lowest BCUT2D eigenvalue weighted by atomic mass is 10.1. The number of nitrogens with two attached hydrogens (primary N) is 1. The molecular formula is C22H25ClFN3O4. The molecule has 0 aromatic heterocycles. The Kier molecular flexibility index (Phi) is 7.02. The number of hydrogen-bond donors (Lipinski definition) is 2. The third kappa shape index (κ3) is 5.45. The molecule has 2 aromatic rings. The van der Waals surface area contributed by atoms with Crippen molar-refractivity contribution in [3.05, 3.63) is 58.4 Å². The first-order valence-corrected chi connectivity index (χ1v) is 10.3. The molecule has 0 bridgehead atoms. The van der Waals surface area contributed by atoms with E-state index in [0.29, 0.717) is 19.6 Å². The van der Waals surface area contributed by atoms with Crippen LogP contribution in [0.15, 0.2) is 36.4 Å². The van der Waals surface area contributed by atoms with Gasteiger partial charge >= 0.3 is 5.97 Å². The van der Waals surface area contributed by atoms with E-state index in [4.69, 9.17) is 22.1 Å². The van der Waals surface area contributed by atoms with Gasteiger partial charge in [-0.1, -0.05) is 23.7 Å². The van der Waals surface area contributed by atoms with Crippen molar-refractivity contribution in [2.24, 2.45) is 0 Å². The number of aromatic carboxylic acids is 1. The zero-order valence-corrected chi connectivity index (χ0v) is 18.1. The van der Waals surface area contributed by atoms with Gasteiger partial charge in [0.25, 0.3) is 5.91 Å². The molecule has 166 valence electrons. The molecule has 1 aliphatic rings. The number of carboxylic acids is 1. The quantitative estimate of drug-likeness (QED) is 0.657. The smallest absolute Gasteiger partial charge is 0.339 e. The maximum Gasteiger partial charge on any atom is 0.339 e. The summed E-state index contributed by atoms with van der Waals surface area (Å²) in [5, 5.41) is 9.44. The fourth-order valence-electron chi connectivity index (χ4n) is 3.67. The molecule has 0 radical (unpaired) electrons. The number of ether oxygens (including phenoxy) is 1. The van der Waals surface area contributed by atoms with Crippen molar-refractivity contribution in [3.8, 4) is 5.75 Å². The Morgan fingerprint density at radius 1 is 1.19 bits per heavy atom. The van der Waals surface area contributed by atoms with E-state index >= 15 is 0 Å². The van der Waals surface area contributed by atoms with Crippen LogP contribution in [-0.4, -0.2) is 58.6 Å². The van der Waals surface area contributed by atoms with Crippen molar-refractivity contribution in [2.75, 3.05) is 25.4 Å². The van der Waals surface area contributed by atoms with Crippen LogP contribution in [0, 0.1) is 5.82 Å². The van der Waals surface area contributed by atoms with E-state index in [1.807, 2.05) is 13.8 Å². The van der Waals surface area contributed by atoms with Gasteiger partial charge in [-0.2, -0.15) is 0 Å². The predicted octanol–water partition coefficient (Wildman–Crippen LogP) is 3.26. The van der Waals surface area contributed by atoms with E-state index < -0.39 is 5.97 Å². The Morgan fingerprint density at radius 3 is 2.52 bits per heavy atom. The first-order valence-electron chi connectivity index (χ1n) is 9.88. The molecule has 1 amide bonds. The van der Waals surface area contributed by atoms with Crippen LogP contribution >= 0.6 is 11.6 Å². The summed E-state index contributed by atoms with van der Waals surface area (Å²) in [6.07, 6.45) is 0. The lowest BCUT2D eigenvalue weighted by molar-refractivity contribution is -0.139. The normalized spacial score (nSPS) is 19.3. The molecule has 2 aromatic carbocycles. The minimum atomic E-state index is -1.22. The summed E-state index contributed by atoms with van der Waals surface area (Å²) in [7, 11) is 0. The Labute approximate surface area is 185 Å². The molecule has 3 N–H and O–H groups in total. The predicted molar refractivity (Wildman–Crippen MR) is 116 cm³/mol. The van der Waals surface area contributed by atoms with Gasteiger partial charge in [-0.25, -0.2) is 9.18 Å². The van der Waals surface area contributed by atoms with E-state index in [9.17, 15) is 19.1 Å². The molecule has 0 saturated carbocycles. The molecule has 0 unspecified atom stereocenters. The number of anilines is 1. The van der Waals surface area contributed by atoms with Crippen LogP contribution in [0.25, 0.3) is 0 Å². The number of rotatable bonds is 6. The Balaban J connectivity index is 1.62. The molecule has 2 atom stereocenters. The molecule has 1 aliphatic heterocycles. The lowest BCUT2D eigenvalue weighted by Crippen LogP contribution is -2.58. The third-order valence-electron chi connectivity index (χ3n) is 5.41. The fourth-order valence-corrected chi connectivity index (χ4v) is 3.83. The topological polar surface area (TPSA) is 96.1 Å². The Bertz CT molecular complexity index is 970. The average Bonchev–Trinajstić information content (AvgIpc) is 2.72. The number of nitrogens with zero attached hydrogens (tertiary/aromatic N) is 2. The molecular weight excluding hydrogens is 425 g/mol. The molecule has 3 rings (SSSR count). The summed E-state index contributed by atoms with van der Waals surface area (Å²) in [6, 6.07) is 8.94. The third-order valence-corrected chi connectivity index (χ3v) is 5.74. The Hall–Kier alpha value is -2.84. The summed E-state index contributed by atoms with van der Waals surface area (Å²) >= 11 is 5.89. The minimum Gasteiger partial charge on any atom is -0.483 e. The van der Waals surface area contributed by atoms with Gasteiger partial charge < -0.3 is 20.5 Å². The number of carbonyl (C=O) groups excluding carboxylic acids is 1.